The summed E-state index contributed by atoms with van der Waals surface area (Å²) in [4.78, 5) is 24.6. The van der Waals surface area contributed by atoms with Crippen molar-refractivity contribution in [1.82, 2.24) is 9.78 Å². The minimum absolute atomic E-state index is 0.0259. The van der Waals surface area contributed by atoms with E-state index >= 15 is 0 Å². The SMILES string of the molecule is CCOC(=O)c1ccn(-c2ccccc2NC(=O)C2CC2c2cccc(F)c2)n1. The maximum atomic E-state index is 13.4. The molecule has 1 aromatic heterocycles. The van der Waals surface area contributed by atoms with E-state index in [-0.39, 0.29) is 35.9 Å². The number of nitrogens with one attached hydrogen (secondary N) is 1. The van der Waals surface area contributed by atoms with Crippen LogP contribution in [0.25, 0.3) is 5.69 Å². The number of nitrogens with zero attached hydrogens (tertiary/aromatic N) is 2. The van der Waals surface area contributed by atoms with E-state index in [1.807, 2.05) is 18.2 Å². The van der Waals surface area contributed by atoms with E-state index in [2.05, 4.69) is 10.4 Å². The van der Waals surface area contributed by atoms with Crippen molar-refractivity contribution in [2.45, 2.75) is 19.3 Å². The van der Waals surface area contributed by atoms with Gasteiger partial charge in [-0.1, -0.05) is 24.3 Å². The molecule has 2 atom stereocenters. The highest BCUT2D eigenvalue weighted by molar-refractivity contribution is 5.97. The normalized spacial score (nSPS) is 17.6. The highest BCUT2D eigenvalue weighted by Gasteiger charge is 2.44. The topological polar surface area (TPSA) is 73.2 Å². The lowest BCUT2D eigenvalue weighted by Crippen LogP contribution is -2.16. The van der Waals surface area contributed by atoms with Crippen molar-refractivity contribution in [1.29, 1.82) is 0 Å². The van der Waals surface area contributed by atoms with Crippen LogP contribution in [0.1, 0.15) is 35.3 Å². The fourth-order valence-electron chi connectivity index (χ4n) is 3.37. The Morgan fingerprint density at radius 2 is 2.03 bits per heavy atom. The smallest absolute Gasteiger partial charge is 0.358 e. The first-order valence-electron chi connectivity index (χ1n) is 9.45. The van der Waals surface area contributed by atoms with Gasteiger partial charge in [0.25, 0.3) is 0 Å². The zero-order valence-electron chi connectivity index (χ0n) is 15.8. The van der Waals surface area contributed by atoms with Crippen molar-refractivity contribution >= 4 is 17.6 Å². The number of hydrogen-bond donors (Lipinski definition) is 1. The molecule has 29 heavy (non-hydrogen) atoms. The van der Waals surface area contributed by atoms with E-state index in [1.54, 1.807) is 37.4 Å². The molecule has 1 fully saturated rings. The van der Waals surface area contributed by atoms with Crippen LogP contribution >= 0.6 is 0 Å². The van der Waals surface area contributed by atoms with Crippen LogP contribution in [-0.2, 0) is 9.53 Å². The Morgan fingerprint density at radius 1 is 1.21 bits per heavy atom. The summed E-state index contributed by atoms with van der Waals surface area (Å²) in [7, 11) is 0. The molecule has 2 unspecified atom stereocenters. The number of ether oxygens (including phenoxy) is 1. The van der Waals surface area contributed by atoms with E-state index in [0.29, 0.717) is 17.8 Å². The number of hydrogen-bond acceptors (Lipinski definition) is 4. The van der Waals surface area contributed by atoms with Gasteiger partial charge < -0.3 is 10.1 Å². The molecule has 1 aliphatic carbocycles. The van der Waals surface area contributed by atoms with Crippen molar-refractivity contribution < 1.29 is 18.7 Å². The molecule has 0 aliphatic heterocycles. The molecule has 148 valence electrons. The van der Waals surface area contributed by atoms with E-state index in [9.17, 15) is 14.0 Å². The number of carbonyl (C=O) groups is 2. The van der Waals surface area contributed by atoms with Gasteiger partial charge in [-0.15, -0.1) is 0 Å². The average Bonchev–Trinajstić information content (AvgIpc) is 3.37. The molecule has 3 aromatic rings. The van der Waals surface area contributed by atoms with Crippen molar-refractivity contribution in [3.63, 3.8) is 0 Å². The number of para-hydroxylation sites is 2. The highest BCUT2D eigenvalue weighted by Crippen LogP contribution is 2.48. The second-order valence-electron chi connectivity index (χ2n) is 6.88. The third kappa shape index (κ3) is 4.03. The van der Waals surface area contributed by atoms with E-state index < -0.39 is 5.97 Å². The fourth-order valence-corrected chi connectivity index (χ4v) is 3.37. The van der Waals surface area contributed by atoms with Gasteiger partial charge in [0.15, 0.2) is 5.69 Å². The standard InChI is InChI=1S/C22H20FN3O3/c1-2-29-22(28)19-10-11-26(25-19)20-9-4-3-8-18(20)24-21(27)17-13-16(17)14-6-5-7-15(23)12-14/h3-12,16-17H,2,13H2,1H3,(H,24,27). The Bertz CT molecular complexity index is 1060. The zero-order chi connectivity index (χ0) is 20.4. The summed E-state index contributed by atoms with van der Waals surface area (Å²) in [6.45, 7) is 2.00. The molecule has 4 rings (SSSR count). The molecule has 1 N–H and O–H groups in total. The third-order valence-corrected chi connectivity index (χ3v) is 4.89. The summed E-state index contributed by atoms with van der Waals surface area (Å²) >= 11 is 0. The first kappa shape index (κ1) is 18.9. The lowest BCUT2D eigenvalue weighted by molar-refractivity contribution is -0.117. The minimum Gasteiger partial charge on any atom is -0.461 e. The number of amides is 1. The number of esters is 1. The Morgan fingerprint density at radius 3 is 2.83 bits per heavy atom. The largest absolute Gasteiger partial charge is 0.461 e. The zero-order valence-corrected chi connectivity index (χ0v) is 15.8. The number of rotatable bonds is 6. The molecule has 7 heteroatoms. The van der Waals surface area contributed by atoms with Gasteiger partial charge in [-0.05, 0) is 55.2 Å². The van der Waals surface area contributed by atoms with Gasteiger partial charge in [0.2, 0.25) is 5.91 Å². The molecule has 0 spiro atoms. The van der Waals surface area contributed by atoms with Gasteiger partial charge in [-0.25, -0.2) is 13.9 Å². The average molecular weight is 393 g/mol. The molecule has 6 nitrogen and oxygen atoms in total. The van der Waals surface area contributed by atoms with Crippen molar-refractivity contribution in [3.8, 4) is 5.69 Å². The van der Waals surface area contributed by atoms with Crippen molar-refractivity contribution in [2.75, 3.05) is 11.9 Å². The number of carbonyl (C=O) groups excluding carboxylic acids is 2. The lowest BCUT2D eigenvalue weighted by Gasteiger charge is -2.11. The minimum atomic E-state index is -0.497. The lowest BCUT2D eigenvalue weighted by atomic mass is 10.1. The summed E-state index contributed by atoms with van der Waals surface area (Å²) in [6, 6.07) is 15.2. The van der Waals surface area contributed by atoms with Gasteiger partial charge in [-0.2, -0.15) is 5.10 Å². The van der Waals surface area contributed by atoms with Crippen LogP contribution in [0.2, 0.25) is 0 Å². The molecule has 2 aromatic carbocycles. The van der Waals surface area contributed by atoms with Crippen molar-refractivity contribution in [2.24, 2.45) is 5.92 Å². The van der Waals surface area contributed by atoms with Crippen LogP contribution in [-0.4, -0.2) is 28.3 Å². The van der Waals surface area contributed by atoms with Crippen LogP contribution in [0.15, 0.2) is 60.8 Å². The van der Waals surface area contributed by atoms with Crippen LogP contribution < -0.4 is 5.32 Å². The summed E-state index contributed by atoms with van der Waals surface area (Å²) in [5.74, 6) is -1.08. The van der Waals surface area contributed by atoms with Gasteiger partial charge in [0.05, 0.1) is 18.0 Å². The Labute approximate surface area is 167 Å². The second kappa shape index (κ2) is 7.87. The summed E-state index contributed by atoms with van der Waals surface area (Å²) in [5.41, 5.74) is 2.26. The first-order valence-corrected chi connectivity index (χ1v) is 9.45. The Hall–Kier alpha value is -3.48. The van der Waals surface area contributed by atoms with E-state index in [0.717, 1.165) is 5.56 Å². The highest BCUT2D eigenvalue weighted by atomic mass is 19.1. The van der Waals surface area contributed by atoms with Crippen LogP contribution in [0.5, 0.6) is 0 Å². The first-order chi connectivity index (χ1) is 14.1. The second-order valence-corrected chi connectivity index (χ2v) is 6.88. The maximum Gasteiger partial charge on any atom is 0.358 e. The molecular formula is C22H20FN3O3. The van der Waals surface area contributed by atoms with E-state index in [1.165, 1.54) is 16.8 Å². The number of aromatic nitrogens is 2. The maximum absolute atomic E-state index is 13.4. The summed E-state index contributed by atoms with van der Waals surface area (Å²) in [6.07, 6.45) is 2.33. The summed E-state index contributed by atoms with van der Waals surface area (Å²) in [5, 5.41) is 7.19. The number of benzene rings is 2. The number of anilines is 1. The van der Waals surface area contributed by atoms with Gasteiger partial charge in [0.1, 0.15) is 5.82 Å². The molecule has 0 saturated heterocycles. The van der Waals surface area contributed by atoms with Crippen LogP contribution in [0.3, 0.4) is 0 Å². The summed E-state index contributed by atoms with van der Waals surface area (Å²) < 4.78 is 19.9. The predicted octanol–water partition coefficient (Wildman–Crippen LogP) is 3.93. The predicted molar refractivity (Wildman–Crippen MR) is 105 cm³/mol. The third-order valence-electron chi connectivity index (χ3n) is 4.89. The molecule has 1 saturated carbocycles. The Balaban J connectivity index is 1.49. The van der Waals surface area contributed by atoms with Gasteiger partial charge in [-0.3, -0.25) is 4.79 Å². The Kier molecular flexibility index (Phi) is 5.12. The molecule has 0 bridgehead atoms. The monoisotopic (exact) mass is 393 g/mol. The quantitative estimate of drug-likeness (QED) is 0.644. The molecule has 1 heterocycles. The molecule has 1 amide bonds. The van der Waals surface area contributed by atoms with Crippen LogP contribution in [0.4, 0.5) is 10.1 Å². The molecule has 1 aliphatic rings. The fraction of sp³-hybridized carbons (Fsp3) is 0.227. The van der Waals surface area contributed by atoms with E-state index in [4.69, 9.17) is 4.74 Å². The molecule has 0 radical (unpaired) electrons. The van der Waals surface area contributed by atoms with Gasteiger partial charge in [0, 0.05) is 12.1 Å². The van der Waals surface area contributed by atoms with Gasteiger partial charge >= 0.3 is 5.97 Å². The number of halogens is 1. The molecular weight excluding hydrogens is 373 g/mol. The van der Waals surface area contributed by atoms with Crippen LogP contribution in [0, 0.1) is 11.7 Å². The van der Waals surface area contributed by atoms with Crippen molar-refractivity contribution in [3.05, 3.63) is 77.9 Å².